The molecule has 19 heavy (non-hydrogen) atoms. The molecule has 1 atom stereocenters. The van der Waals surface area contributed by atoms with Gasteiger partial charge in [0.25, 0.3) is 11.8 Å². The van der Waals surface area contributed by atoms with E-state index in [-0.39, 0.29) is 17.9 Å². The lowest BCUT2D eigenvalue weighted by Crippen LogP contribution is -2.19. The van der Waals surface area contributed by atoms with Crippen LogP contribution >= 0.6 is 11.3 Å². The summed E-state index contributed by atoms with van der Waals surface area (Å²) < 4.78 is 0. The van der Waals surface area contributed by atoms with Gasteiger partial charge in [0, 0.05) is 10.6 Å². The molecule has 2 N–H and O–H groups in total. The number of hydrogen-bond acceptors (Lipinski definition) is 4. The highest BCUT2D eigenvalue weighted by Gasteiger charge is 2.26. The molecule has 2 aromatic rings. The number of fused-ring (bicyclic) bond motifs is 1. The standard InChI is InChI=1S/C14H12N2O2S/c1-8(12-3-2-6-19-12)15-9-4-5-10-11(7-9)14(18)16-13(10)17/h2-8,15H,1H3,(H,16,17,18). The van der Waals surface area contributed by atoms with Crippen LogP contribution in [0.4, 0.5) is 5.69 Å². The van der Waals surface area contributed by atoms with E-state index in [1.807, 2.05) is 17.5 Å². The molecular weight excluding hydrogens is 260 g/mol. The Balaban J connectivity index is 1.86. The average molecular weight is 272 g/mol. The summed E-state index contributed by atoms with van der Waals surface area (Å²) in [7, 11) is 0. The molecule has 0 bridgehead atoms. The van der Waals surface area contributed by atoms with Gasteiger partial charge in [-0.2, -0.15) is 0 Å². The van der Waals surface area contributed by atoms with E-state index in [4.69, 9.17) is 0 Å². The fraction of sp³-hybridized carbons (Fsp3) is 0.143. The van der Waals surface area contributed by atoms with Crippen LogP contribution in [0, 0.1) is 0 Å². The van der Waals surface area contributed by atoms with Crippen molar-refractivity contribution in [2.45, 2.75) is 13.0 Å². The number of anilines is 1. The quantitative estimate of drug-likeness (QED) is 0.845. The van der Waals surface area contributed by atoms with Crippen molar-refractivity contribution in [3.63, 3.8) is 0 Å². The van der Waals surface area contributed by atoms with Crippen molar-refractivity contribution in [2.24, 2.45) is 0 Å². The lowest BCUT2D eigenvalue weighted by atomic mass is 10.1. The second-order valence-electron chi connectivity index (χ2n) is 4.43. The first-order valence-corrected chi connectivity index (χ1v) is 6.83. The van der Waals surface area contributed by atoms with E-state index in [9.17, 15) is 9.59 Å². The van der Waals surface area contributed by atoms with E-state index in [2.05, 4.69) is 23.6 Å². The van der Waals surface area contributed by atoms with Gasteiger partial charge in [-0.3, -0.25) is 14.9 Å². The molecule has 2 amide bonds. The molecule has 5 heteroatoms. The fourth-order valence-electron chi connectivity index (χ4n) is 2.12. The average Bonchev–Trinajstić information content (AvgIpc) is 2.99. The second kappa shape index (κ2) is 4.51. The Labute approximate surface area is 114 Å². The number of carbonyl (C=O) groups excluding carboxylic acids is 2. The van der Waals surface area contributed by atoms with Crippen molar-refractivity contribution in [3.8, 4) is 0 Å². The van der Waals surface area contributed by atoms with Crippen LogP contribution < -0.4 is 10.6 Å². The summed E-state index contributed by atoms with van der Waals surface area (Å²) in [5.41, 5.74) is 1.72. The van der Waals surface area contributed by atoms with Gasteiger partial charge >= 0.3 is 0 Å². The van der Waals surface area contributed by atoms with E-state index in [0.717, 1.165) is 5.69 Å². The largest absolute Gasteiger partial charge is 0.378 e. The number of benzene rings is 1. The van der Waals surface area contributed by atoms with Crippen LogP contribution in [-0.2, 0) is 0 Å². The Morgan fingerprint density at radius 1 is 1.16 bits per heavy atom. The number of nitrogens with one attached hydrogen (secondary N) is 2. The summed E-state index contributed by atoms with van der Waals surface area (Å²) in [4.78, 5) is 24.3. The number of rotatable bonds is 3. The van der Waals surface area contributed by atoms with Gasteiger partial charge in [-0.15, -0.1) is 11.3 Å². The maximum absolute atomic E-state index is 11.6. The molecule has 2 heterocycles. The number of amides is 2. The van der Waals surface area contributed by atoms with Crippen LogP contribution in [0.3, 0.4) is 0 Å². The highest BCUT2D eigenvalue weighted by molar-refractivity contribution is 7.10. The van der Waals surface area contributed by atoms with Crippen molar-refractivity contribution in [2.75, 3.05) is 5.32 Å². The predicted octanol–water partition coefficient (Wildman–Crippen LogP) is 2.80. The third-order valence-corrected chi connectivity index (χ3v) is 4.14. The smallest absolute Gasteiger partial charge is 0.259 e. The molecular formula is C14H12N2O2S. The summed E-state index contributed by atoms with van der Waals surface area (Å²) in [5, 5.41) is 7.65. The van der Waals surface area contributed by atoms with Crippen molar-refractivity contribution >= 4 is 28.8 Å². The molecule has 0 radical (unpaired) electrons. The van der Waals surface area contributed by atoms with Crippen LogP contribution in [0.1, 0.15) is 38.6 Å². The number of imide groups is 1. The van der Waals surface area contributed by atoms with Crippen LogP contribution in [0.5, 0.6) is 0 Å². The molecule has 3 rings (SSSR count). The van der Waals surface area contributed by atoms with E-state index in [1.54, 1.807) is 23.5 Å². The monoisotopic (exact) mass is 272 g/mol. The summed E-state index contributed by atoms with van der Waals surface area (Å²) in [6, 6.07) is 9.46. The van der Waals surface area contributed by atoms with Gasteiger partial charge in [0.05, 0.1) is 17.2 Å². The topological polar surface area (TPSA) is 58.2 Å². The van der Waals surface area contributed by atoms with Crippen LogP contribution in [-0.4, -0.2) is 11.8 Å². The molecule has 0 fully saturated rings. The van der Waals surface area contributed by atoms with Gasteiger partial charge < -0.3 is 5.32 Å². The molecule has 0 aliphatic carbocycles. The Hall–Kier alpha value is -2.14. The molecule has 0 spiro atoms. The predicted molar refractivity (Wildman–Crippen MR) is 74.6 cm³/mol. The molecule has 4 nitrogen and oxygen atoms in total. The zero-order valence-electron chi connectivity index (χ0n) is 10.3. The van der Waals surface area contributed by atoms with Crippen LogP contribution in [0.2, 0.25) is 0 Å². The van der Waals surface area contributed by atoms with Crippen molar-refractivity contribution in [3.05, 3.63) is 51.7 Å². The third kappa shape index (κ3) is 2.13. The Bertz CT molecular complexity index is 649. The highest BCUT2D eigenvalue weighted by Crippen LogP contribution is 2.25. The van der Waals surface area contributed by atoms with Gasteiger partial charge in [0.2, 0.25) is 0 Å². The lowest BCUT2D eigenvalue weighted by Gasteiger charge is -2.14. The minimum absolute atomic E-state index is 0.165. The molecule has 96 valence electrons. The third-order valence-electron chi connectivity index (χ3n) is 3.09. The molecule has 0 saturated heterocycles. The van der Waals surface area contributed by atoms with Crippen LogP contribution in [0.25, 0.3) is 0 Å². The van der Waals surface area contributed by atoms with Gasteiger partial charge in [-0.05, 0) is 36.6 Å². The molecule has 1 aromatic carbocycles. The minimum Gasteiger partial charge on any atom is -0.378 e. The Kier molecular flexibility index (Phi) is 2.83. The molecule has 1 aromatic heterocycles. The van der Waals surface area contributed by atoms with Gasteiger partial charge in [-0.1, -0.05) is 6.07 Å². The lowest BCUT2D eigenvalue weighted by molar-refractivity contribution is 0.0879. The maximum atomic E-state index is 11.6. The minimum atomic E-state index is -0.326. The zero-order chi connectivity index (χ0) is 13.4. The first kappa shape index (κ1) is 11.9. The summed E-state index contributed by atoms with van der Waals surface area (Å²) >= 11 is 1.68. The number of thiophene rings is 1. The fourth-order valence-corrected chi connectivity index (χ4v) is 2.85. The molecule has 1 aliphatic heterocycles. The number of carbonyl (C=O) groups is 2. The van der Waals surface area contributed by atoms with Gasteiger partial charge in [-0.25, -0.2) is 0 Å². The summed E-state index contributed by atoms with van der Waals surface area (Å²) in [5.74, 6) is -0.648. The summed E-state index contributed by atoms with van der Waals surface area (Å²) in [6.45, 7) is 2.06. The van der Waals surface area contributed by atoms with E-state index >= 15 is 0 Å². The Morgan fingerprint density at radius 3 is 2.68 bits per heavy atom. The van der Waals surface area contributed by atoms with Crippen molar-refractivity contribution in [1.29, 1.82) is 0 Å². The van der Waals surface area contributed by atoms with Gasteiger partial charge in [0.1, 0.15) is 0 Å². The Morgan fingerprint density at radius 2 is 1.95 bits per heavy atom. The molecule has 1 unspecified atom stereocenters. The maximum Gasteiger partial charge on any atom is 0.259 e. The summed E-state index contributed by atoms with van der Waals surface area (Å²) in [6.07, 6.45) is 0. The van der Waals surface area contributed by atoms with Gasteiger partial charge in [0.15, 0.2) is 0 Å². The SMILES string of the molecule is CC(Nc1ccc2c(c1)C(=O)NC2=O)c1cccs1. The first-order chi connectivity index (χ1) is 9.15. The van der Waals surface area contributed by atoms with Crippen molar-refractivity contribution in [1.82, 2.24) is 5.32 Å². The van der Waals surface area contributed by atoms with E-state index in [1.165, 1.54) is 4.88 Å². The van der Waals surface area contributed by atoms with E-state index in [0.29, 0.717) is 11.1 Å². The first-order valence-electron chi connectivity index (χ1n) is 5.95. The molecule has 1 aliphatic rings. The highest BCUT2D eigenvalue weighted by atomic mass is 32.1. The van der Waals surface area contributed by atoms with Crippen molar-refractivity contribution < 1.29 is 9.59 Å². The normalized spacial score (nSPS) is 15.0. The molecule has 0 saturated carbocycles. The van der Waals surface area contributed by atoms with E-state index < -0.39 is 0 Å². The zero-order valence-corrected chi connectivity index (χ0v) is 11.1. The second-order valence-corrected chi connectivity index (χ2v) is 5.40. The van der Waals surface area contributed by atoms with Crippen LogP contribution in [0.15, 0.2) is 35.7 Å². The number of hydrogen-bond donors (Lipinski definition) is 2.